The third-order valence-corrected chi connectivity index (χ3v) is 7.23. The van der Waals surface area contributed by atoms with Crippen molar-refractivity contribution < 1.29 is 17.9 Å². The molecule has 0 spiro atoms. The summed E-state index contributed by atoms with van der Waals surface area (Å²) in [6, 6.07) is 6.82. The van der Waals surface area contributed by atoms with Crippen LogP contribution in [-0.4, -0.2) is 71.0 Å². The van der Waals surface area contributed by atoms with Gasteiger partial charge in [0.25, 0.3) is 0 Å². The molecule has 37 heavy (non-hydrogen) atoms. The third kappa shape index (κ3) is 5.39. The van der Waals surface area contributed by atoms with Gasteiger partial charge in [0.05, 0.1) is 35.9 Å². The summed E-state index contributed by atoms with van der Waals surface area (Å²) in [6.07, 6.45) is -4.15. The molecule has 4 heterocycles. The van der Waals surface area contributed by atoms with Gasteiger partial charge in [0, 0.05) is 57.3 Å². The number of ether oxygens (including phenoxy) is 1. The number of piperazine rings is 1. The highest BCUT2D eigenvalue weighted by Gasteiger charge is 2.33. The molecule has 2 aliphatic heterocycles. The summed E-state index contributed by atoms with van der Waals surface area (Å²) < 4.78 is 48.2. The SMILES string of the molecule is Cc1c(Cc2c(CN3CC(C)NC(C)C3)nc3c(N)cc(N4CCOCC4)nn23)cccc1C(F)(F)F. The van der Waals surface area contributed by atoms with Crippen LogP contribution in [0.15, 0.2) is 24.3 Å². The molecule has 0 bridgehead atoms. The molecule has 3 aromatic rings. The van der Waals surface area contributed by atoms with E-state index in [1.165, 1.54) is 13.0 Å². The van der Waals surface area contributed by atoms with Crippen molar-refractivity contribution in [1.82, 2.24) is 24.8 Å². The van der Waals surface area contributed by atoms with E-state index in [0.29, 0.717) is 67.6 Å². The van der Waals surface area contributed by atoms with Crippen LogP contribution in [0, 0.1) is 6.92 Å². The van der Waals surface area contributed by atoms with Gasteiger partial charge in [-0.1, -0.05) is 12.1 Å². The number of morpholine rings is 1. The summed E-state index contributed by atoms with van der Waals surface area (Å²) in [5, 5.41) is 8.43. The predicted molar refractivity (Wildman–Crippen MR) is 137 cm³/mol. The zero-order valence-corrected chi connectivity index (χ0v) is 21.5. The van der Waals surface area contributed by atoms with Crippen molar-refractivity contribution in [3.05, 3.63) is 52.3 Å². The first-order valence-electron chi connectivity index (χ1n) is 12.7. The molecular formula is C26H34F3N7O. The van der Waals surface area contributed by atoms with Crippen molar-refractivity contribution in [2.24, 2.45) is 0 Å². The highest BCUT2D eigenvalue weighted by molar-refractivity contribution is 5.69. The molecule has 0 radical (unpaired) electrons. The highest BCUT2D eigenvalue weighted by atomic mass is 19.4. The van der Waals surface area contributed by atoms with Gasteiger partial charge in [0.2, 0.25) is 0 Å². The number of halogens is 3. The average Bonchev–Trinajstić information content (AvgIpc) is 3.17. The Balaban J connectivity index is 1.59. The second-order valence-corrected chi connectivity index (χ2v) is 10.2. The van der Waals surface area contributed by atoms with Crippen molar-refractivity contribution in [1.29, 1.82) is 0 Å². The number of nitrogens with two attached hydrogens (primary N) is 1. The lowest BCUT2D eigenvalue weighted by Crippen LogP contribution is -2.53. The maximum atomic E-state index is 13.7. The number of benzene rings is 1. The maximum Gasteiger partial charge on any atom is 0.416 e. The third-order valence-electron chi connectivity index (χ3n) is 7.23. The van der Waals surface area contributed by atoms with E-state index in [1.54, 1.807) is 10.6 Å². The smallest absolute Gasteiger partial charge is 0.396 e. The van der Waals surface area contributed by atoms with E-state index in [-0.39, 0.29) is 12.0 Å². The Kier molecular flexibility index (Phi) is 7.03. The molecular weight excluding hydrogens is 483 g/mol. The number of nitrogens with one attached hydrogen (secondary N) is 1. The van der Waals surface area contributed by atoms with E-state index in [2.05, 4.69) is 29.0 Å². The number of hydrogen-bond acceptors (Lipinski definition) is 7. The summed E-state index contributed by atoms with van der Waals surface area (Å²) in [4.78, 5) is 9.33. The molecule has 2 aliphatic rings. The van der Waals surface area contributed by atoms with Crippen LogP contribution < -0.4 is 16.0 Å². The van der Waals surface area contributed by atoms with Crippen molar-refractivity contribution >= 4 is 17.2 Å². The summed E-state index contributed by atoms with van der Waals surface area (Å²) >= 11 is 0. The second-order valence-electron chi connectivity index (χ2n) is 10.2. The van der Waals surface area contributed by atoms with Crippen LogP contribution in [0.3, 0.4) is 0 Å². The van der Waals surface area contributed by atoms with Crippen molar-refractivity contribution in [3.8, 4) is 0 Å². The number of rotatable bonds is 5. The Bertz CT molecular complexity index is 1260. The molecule has 0 amide bonds. The molecule has 200 valence electrons. The normalized spacial score (nSPS) is 21.6. The number of aromatic nitrogens is 3. The van der Waals surface area contributed by atoms with Crippen molar-refractivity contribution in [2.45, 2.75) is 52.0 Å². The molecule has 11 heteroatoms. The average molecular weight is 518 g/mol. The summed E-state index contributed by atoms with van der Waals surface area (Å²) in [5.74, 6) is 0.712. The molecule has 2 fully saturated rings. The van der Waals surface area contributed by atoms with Gasteiger partial charge in [-0.25, -0.2) is 9.50 Å². The Morgan fingerprint density at radius 3 is 2.51 bits per heavy atom. The van der Waals surface area contributed by atoms with Crippen LogP contribution in [0.1, 0.15) is 41.9 Å². The van der Waals surface area contributed by atoms with Crippen molar-refractivity contribution in [2.75, 3.05) is 50.0 Å². The minimum Gasteiger partial charge on any atom is -0.396 e. The van der Waals surface area contributed by atoms with Gasteiger partial charge in [-0.15, -0.1) is 5.10 Å². The van der Waals surface area contributed by atoms with E-state index in [4.69, 9.17) is 20.6 Å². The lowest BCUT2D eigenvalue weighted by atomic mass is 9.98. The van der Waals surface area contributed by atoms with Crippen LogP contribution in [0.5, 0.6) is 0 Å². The quantitative estimate of drug-likeness (QED) is 0.538. The summed E-state index contributed by atoms with van der Waals surface area (Å²) in [7, 11) is 0. The Morgan fingerprint density at radius 1 is 1.14 bits per heavy atom. The minimum absolute atomic E-state index is 0.220. The highest BCUT2D eigenvalue weighted by Crippen LogP contribution is 2.34. The molecule has 0 aliphatic carbocycles. The zero-order chi connectivity index (χ0) is 26.3. The van der Waals surface area contributed by atoms with Crippen LogP contribution in [-0.2, 0) is 23.9 Å². The number of anilines is 2. The second kappa shape index (κ2) is 10.1. The first kappa shape index (κ1) is 25.7. The fourth-order valence-corrected chi connectivity index (χ4v) is 5.51. The van der Waals surface area contributed by atoms with Gasteiger partial charge in [0.1, 0.15) is 0 Å². The van der Waals surface area contributed by atoms with Crippen LogP contribution >= 0.6 is 0 Å². The molecule has 2 aromatic heterocycles. The van der Waals surface area contributed by atoms with Gasteiger partial charge in [-0.2, -0.15) is 13.2 Å². The van der Waals surface area contributed by atoms with E-state index in [9.17, 15) is 13.2 Å². The molecule has 2 unspecified atom stereocenters. The molecule has 1 aromatic carbocycles. The summed E-state index contributed by atoms with van der Waals surface area (Å²) in [6.45, 7) is 10.7. The molecule has 5 rings (SSSR count). The van der Waals surface area contributed by atoms with E-state index in [0.717, 1.165) is 30.5 Å². The number of alkyl halides is 3. The minimum atomic E-state index is -4.42. The fraction of sp³-hybridized carbons (Fsp3) is 0.538. The standard InChI is InChI=1S/C26H34F3N7O/c1-16-13-34(14-17(2)31-16)15-22-23(11-19-5-4-6-20(18(19)3)26(27,28)29)36-25(32-22)21(30)12-24(33-36)35-7-9-37-10-8-35/h4-6,12,16-17,31H,7-11,13-15,30H2,1-3H3. The Morgan fingerprint density at radius 2 is 1.84 bits per heavy atom. The van der Waals surface area contributed by atoms with E-state index < -0.39 is 11.7 Å². The van der Waals surface area contributed by atoms with E-state index in [1.807, 2.05) is 6.07 Å². The molecule has 8 nitrogen and oxygen atoms in total. The number of fused-ring (bicyclic) bond motifs is 1. The fourth-order valence-electron chi connectivity index (χ4n) is 5.51. The summed E-state index contributed by atoms with van der Waals surface area (Å²) in [5.41, 5.74) is 9.24. The number of hydrogen-bond donors (Lipinski definition) is 2. The lowest BCUT2D eigenvalue weighted by Gasteiger charge is -2.35. The van der Waals surface area contributed by atoms with Crippen LogP contribution in [0.25, 0.3) is 5.65 Å². The molecule has 0 saturated carbocycles. The van der Waals surface area contributed by atoms with Gasteiger partial charge in [-0.3, -0.25) is 4.90 Å². The monoisotopic (exact) mass is 517 g/mol. The number of nitrogens with zero attached hydrogens (tertiary/aromatic N) is 5. The first-order valence-corrected chi connectivity index (χ1v) is 12.7. The topological polar surface area (TPSA) is 84.0 Å². The zero-order valence-electron chi connectivity index (χ0n) is 21.5. The van der Waals surface area contributed by atoms with Gasteiger partial charge >= 0.3 is 6.18 Å². The van der Waals surface area contributed by atoms with Gasteiger partial charge in [-0.05, 0) is 38.0 Å². The van der Waals surface area contributed by atoms with Crippen LogP contribution in [0.4, 0.5) is 24.7 Å². The van der Waals surface area contributed by atoms with Crippen molar-refractivity contribution in [3.63, 3.8) is 0 Å². The maximum absolute atomic E-state index is 13.7. The number of imidazole rings is 1. The van der Waals surface area contributed by atoms with Gasteiger partial charge < -0.3 is 20.7 Å². The van der Waals surface area contributed by atoms with Crippen LogP contribution in [0.2, 0.25) is 0 Å². The van der Waals surface area contributed by atoms with E-state index >= 15 is 0 Å². The molecule has 3 N–H and O–H groups in total. The lowest BCUT2D eigenvalue weighted by molar-refractivity contribution is -0.138. The molecule has 2 atom stereocenters. The first-order chi connectivity index (χ1) is 17.6. The largest absolute Gasteiger partial charge is 0.416 e. The molecule has 2 saturated heterocycles. The van der Waals surface area contributed by atoms with Gasteiger partial charge in [0.15, 0.2) is 11.5 Å². The Labute approximate surface area is 214 Å². The predicted octanol–water partition coefficient (Wildman–Crippen LogP) is 3.25. The Hall–Kier alpha value is -2.89. The number of nitrogen functional groups attached to an aromatic ring is 1.